The predicted octanol–water partition coefficient (Wildman–Crippen LogP) is 5.12. The van der Waals surface area contributed by atoms with Crippen molar-refractivity contribution < 1.29 is 4.74 Å². The fraction of sp³-hybridized carbons (Fsp3) is 0.600. The summed E-state index contributed by atoms with van der Waals surface area (Å²) in [5.74, 6) is 1.00. The van der Waals surface area contributed by atoms with Crippen LogP contribution >= 0.6 is 27.5 Å². The molecular formula is C15H20BrClO. The summed E-state index contributed by atoms with van der Waals surface area (Å²) in [5, 5.41) is 0. The minimum atomic E-state index is 0.0372. The number of ether oxygens (including phenoxy) is 1. The molecule has 0 N–H and O–H groups in total. The Morgan fingerprint density at radius 1 is 1.44 bits per heavy atom. The molecule has 2 rings (SSSR count). The number of hydrogen-bond acceptors (Lipinski definition) is 1. The fourth-order valence-electron chi connectivity index (χ4n) is 2.64. The molecule has 1 aromatic carbocycles. The number of hydrogen-bond donors (Lipinski definition) is 0. The quantitative estimate of drug-likeness (QED) is 0.696. The molecule has 1 heterocycles. The Hall–Kier alpha value is -0.0500. The summed E-state index contributed by atoms with van der Waals surface area (Å²) in [6.45, 7) is 4.34. The highest BCUT2D eigenvalue weighted by Crippen LogP contribution is 2.36. The van der Waals surface area contributed by atoms with Crippen LogP contribution in [0.1, 0.15) is 44.6 Å². The van der Waals surface area contributed by atoms with Gasteiger partial charge in [0, 0.05) is 16.3 Å². The van der Waals surface area contributed by atoms with E-state index in [0.717, 1.165) is 23.7 Å². The van der Waals surface area contributed by atoms with E-state index in [-0.39, 0.29) is 5.60 Å². The van der Waals surface area contributed by atoms with E-state index in [4.69, 9.17) is 16.3 Å². The van der Waals surface area contributed by atoms with Crippen molar-refractivity contribution in [2.75, 3.05) is 5.88 Å². The zero-order chi connectivity index (χ0) is 13.2. The van der Waals surface area contributed by atoms with Gasteiger partial charge in [-0.25, -0.2) is 0 Å². The molecule has 0 amide bonds. The largest absolute Gasteiger partial charge is 0.372 e. The summed E-state index contributed by atoms with van der Waals surface area (Å²) < 4.78 is 7.21. The van der Waals surface area contributed by atoms with Crippen LogP contribution in [0.15, 0.2) is 28.7 Å². The van der Waals surface area contributed by atoms with Crippen molar-refractivity contribution in [2.45, 2.75) is 50.7 Å². The van der Waals surface area contributed by atoms with E-state index >= 15 is 0 Å². The van der Waals surface area contributed by atoms with Crippen molar-refractivity contribution in [3.63, 3.8) is 0 Å². The Morgan fingerprint density at radius 3 is 2.72 bits per heavy atom. The Labute approximate surface area is 123 Å². The van der Waals surface area contributed by atoms with Gasteiger partial charge in [0.1, 0.15) is 0 Å². The van der Waals surface area contributed by atoms with Crippen LogP contribution in [0.2, 0.25) is 0 Å². The van der Waals surface area contributed by atoms with E-state index < -0.39 is 0 Å². The van der Waals surface area contributed by atoms with Crippen LogP contribution in [-0.2, 0) is 4.74 Å². The number of rotatable bonds is 4. The van der Waals surface area contributed by atoms with Gasteiger partial charge in [0.2, 0.25) is 0 Å². The number of benzene rings is 1. The van der Waals surface area contributed by atoms with Crippen LogP contribution in [0.4, 0.5) is 0 Å². The summed E-state index contributed by atoms with van der Waals surface area (Å²) in [4.78, 5) is 0. The Morgan fingerprint density at radius 2 is 2.17 bits per heavy atom. The summed E-state index contributed by atoms with van der Waals surface area (Å²) in [6.07, 6.45) is 3.64. The third-order valence-corrected chi connectivity index (χ3v) is 4.73. The monoisotopic (exact) mass is 330 g/mol. The topological polar surface area (TPSA) is 9.23 Å². The van der Waals surface area contributed by atoms with E-state index in [1.54, 1.807) is 0 Å². The molecule has 3 heteroatoms. The highest BCUT2D eigenvalue weighted by molar-refractivity contribution is 9.10. The molecule has 0 spiro atoms. The van der Waals surface area contributed by atoms with Crippen molar-refractivity contribution in [3.05, 3.63) is 34.3 Å². The molecule has 1 aliphatic rings. The van der Waals surface area contributed by atoms with Gasteiger partial charge in [-0.05, 0) is 44.7 Å². The molecule has 1 nitrogen and oxygen atoms in total. The van der Waals surface area contributed by atoms with Gasteiger partial charge < -0.3 is 4.74 Å². The fourth-order valence-corrected chi connectivity index (χ4v) is 3.54. The molecule has 0 radical (unpaired) electrons. The Kier molecular flexibility index (Phi) is 4.74. The smallest absolute Gasteiger partial charge is 0.0631 e. The first-order valence-electron chi connectivity index (χ1n) is 6.50. The van der Waals surface area contributed by atoms with Gasteiger partial charge in [0.15, 0.2) is 0 Å². The van der Waals surface area contributed by atoms with Crippen LogP contribution in [0.3, 0.4) is 0 Å². The van der Waals surface area contributed by atoms with Gasteiger partial charge in [-0.3, -0.25) is 0 Å². The van der Waals surface area contributed by atoms with Gasteiger partial charge in [-0.1, -0.05) is 34.1 Å². The van der Waals surface area contributed by atoms with Gasteiger partial charge in [-0.15, -0.1) is 11.6 Å². The predicted molar refractivity (Wildman–Crippen MR) is 80.4 cm³/mol. The highest BCUT2D eigenvalue weighted by atomic mass is 79.9. The lowest BCUT2D eigenvalue weighted by Crippen LogP contribution is -2.21. The number of alkyl halides is 1. The molecule has 1 saturated heterocycles. The van der Waals surface area contributed by atoms with Gasteiger partial charge in [0.25, 0.3) is 0 Å². The van der Waals surface area contributed by atoms with Crippen LogP contribution in [0.5, 0.6) is 0 Å². The normalized spacial score (nSPS) is 24.1. The first-order chi connectivity index (χ1) is 8.52. The molecule has 0 bridgehead atoms. The van der Waals surface area contributed by atoms with Crippen LogP contribution in [-0.4, -0.2) is 17.6 Å². The molecule has 18 heavy (non-hydrogen) atoms. The first-order valence-corrected chi connectivity index (χ1v) is 7.83. The van der Waals surface area contributed by atoms with E-state index in [0.29, 0.717) is 17.9 Å². The lowest BCUT2D eigenvalue weighted by atomic mass is 9.93. The molecule has 2 unspecified atom stereocenters. The maximum atomic E-state index is 6.15. The maximum absolute atomic E-state index is 6.15. The van der Waals surface area contributed by atoms with E-state index in [1.165, 1.54) is 5.56 Å². The third kappa shape index (κ3) is 3.49. The van der Waals surface area contributed by atoms with Crippen molar-refractivity contribution in [2.24, 2.45) is 0 Å². The number of halogens is 2. The molecule has 1 fully saturated rings. The Bertz CT molecular complexity index is 405. The standard InChI is InChI=1S/C15H20BrClO/c1-15(2)8-7-12(18-15)9-11(10-17)13-5-3-4-6-14(13)16/h3-6,11-12H,7-10H2,1-2H3. The molecule has 0 aliphatic carbocycles. The highest BCUT2D eigenvalue weighted by Gasteiger charge is 2.33. The second-order valence-corrected chi connectivity index (χ2v) is 6.81. The average Bonchev–Trinajstić information content (AvgIpc) is 2.67. The summed E-state index contributed by atoms with van der Waals surface area (Å²) in [6, 6.07) is 8.33. The van der Waals surface area contributed by atoms with Crippen molar-refractivity contribution in [1.29, 1.82) is 0 Å². The molecule has 0 saturated carbocycles. The van der Waals surface area contributed by atoms with Gasteiger partial charge in [0.05, 0.1) is 11.7 Å². The maximum Gasteiger partial charge on any atom is 0.0631 e. The molecule has 1 aromatic rings. The minimum absolute atomic E-state index is 0.0372. The van der Waals surface area contributed by atoms with Gasteiger partial charge in [-0.2, -0.15) is 0 Å². The van der Waals surface area contributed by atoms with Crippen molar-refractivity contribution in [1.82, 2.24) is 0 Å². The lowest BCUT2D eigenvalue weighted by Gasteiger charge is -2.23. The zero-order valence-corrected chi connectivity index (χ0v) is 13.3. The Balaban J connectivity index is 2.05. The molecule has 100 valence electrons. The third-order valence-electron chi connectivity index (χ3n) is 3.63. The van der Waals surface area contributed by atoms with E-state index in [9.17, 15) is 0 Å². The van der Waals surface area contributed by atoms with Crippen molar-refractivity contribution >= 4 is 27.5 Å². The zero-order valence-electron chi connectivity index (χ0n) is 11.0. The molecule has 1 aliphatic heterocycles. The molecule has 2 atom stereocenters. The lowest BCUT2D eigenvalue weighted by molar-refractivity contribution is -0.0202. The average molecular weight is 332 g/mol. The second-order valence-electron chi connectivity index (χ2n) is 5.65. The summed E-state index contributed by atoms with van der Waals surface area (Å²) in [5.41, 5.74) is 1.33. The van der Waals surface area contributed by atoms with E-state index in [2.05, 4.69) is 48.0 Å². The molecule has 0 aromatic heterocycles. The minimum Gasteiger partial charge on any atom is -0.372 e. The summed E-state index contributed by atoms with van der Waals surface area (Å²) in [7, 11) is 0. The van der Waals surface area contributed by atoms with Gasteiger partial charge >= 0.3 is 0 Å². The second kappa shape index (κ2) is 5.94. The first kappa shape index (κ1) is 14.4. The van der Waals surface area contributed by atoms with E-state index in [1.807, 2.05) is 6.07 Å². The van der Waals surface area contributed by atoms with Crippen molar-refractivity contribution in [3.8, 4) is 0 Å². The van der Waals surface area contributed by atoms with Crippen LogP contribution in [0, 0.1) is 0 Å². The summed E-state index contributed by atoms with van der Waals surface area (Å²) >= 11 is 9.76. The van der Waals surface area contributed by atoms with Crippen LogP contribution in [0.25, 0.3) is 0 Å². The van der Waals surface area contributed by atoms with Crippen LogP contribution < -0.4 is 0 Å². The molecular weight excluding hydrogens is 312 g/mol. The SMILES string of the molecule is CC1(C)CCC(CC(CCl)c2ccccc2Br)O1.